The van der Waals surface area contributed by atoms with E-state index in [4.69, 9.17) is 11.6 Å². The van der Waals surface area contributed by atoms with Gasteiger partial charge >= 0.3 is 0 Å². The van der Waals surface area contributed by atoms with Crippen LogP contribution < -0.4 is 5.32 Å². The Balaban J connectivity index is 1.91. The first kappa shape index (κ1) is 19.4. The molecule has 0 aliphatic rings. The van der Waals surface area contributed by atoms with Gasteiger partial charge in [0.2, 0.25) is 15.9 Å². The largest absolute Gasteiger partial charge is 0.349 e. The van der Waals surface area contributed by atoms with Gasteiger partial charge in [0.15, 0.2) is 0 Å². The Hall–Kier alpha value is -1.96. The molecule has 0 saturated heterocycles. The van der Waals surface area contributed by atoms with E-state index in [2.05, 4.69) is 10.3 Å². The van der Waals surface area contributed by atoms with E-state index in [9.17, 15) is 13.2 Å². The molecular formula is C17H20ClN3O3S. The van der Waals surface area contributed by atoms with Crippen LogP contribution in [-0.4, -0.2) is 43.0 Å². The normalized spacial score (nSPS) is 11.5. The molecule has 0 aliphatic heterocycles. The summed E-state index contributed by atoms with van der Waals surface area (Å²) >= 11 is 5.84. The Morgan fingerprint density at radius 3 is 2.52 bits per heavy atom. The van der Waals surface area contributed by atoms with Crippen LogP contribution in [0.1, 0.15) is 11.3 Å². The summed E-state index contributed by atoms with van der Waals surface area (Å²) in [6, 6.07) is 12.6. The van der Waals surface area contributed by atoms with E-state index in [0.717, 1.165) is 16.1 Å². The maximum atomic E-state index is 12.1. The zero-order chi connectivity index (χ0) is 18.3. The van der Waals surface area contributed by atoms with E-state index in [0.29, 0.717) is 17.1 Å². The number of carbonyl (C=O) groups excluding carboxylic acids is 1. The molecule has 2 rings (SSSR count). The highest BCUT2D eigenvalue weighted by atomic mass is 35.5. The van der Waals surface area contributed by atoms with Crippen LogP contribution in [0.3, 0.4) is 0 Å². The van der Waals surface area contributed by atoms with Crippen molar-refractivity contribution in [2.24, 2.45) is 0 Å². The number of aromatic nitrogens is 1. The molecule has 8 heteroatoms. The van der Waals surface area contributed by atoms with Crippen LogP contribution in [0.15, 0.2) is 48.7 Å². The molecule has 0 radical (unpaired) electrons. The first-order chi connectivity index (χ1) is 11.8. The highest BCUT2D eigenvalue weighted by Gasteiger charge is 2.19. The molecule has 2 aromatic rings. The zero-order valence-corrected chi connectivity index (χ0v) is 15.4. The summed E-state index contributed by atoms with van der Waals surface area (Å²) in [6.45, 7) is 0.255. The van der Waals surface area contributed by atoms with Gasteiger partial charge in [-0.15, -0.1) is 0 Å². The smallest absolute Gasteiger partial charge is 0.235 e. The average molecular weight is 382 g/mol. The molecule has 1 amide bonds. The molecule has 0 saturated carbocycles. The Morgan fingerprint density at radius 2 is 1.92 bits per heavy atom. The quantitative estimate of drug-likeness (QED) is 0.756. The number of rotatable bonds is 8. The van der Waals surface area contributed by atoms with Crippen LogP contribution in [0.25, 0.3) is 0 Å². The number of sulfonamides is 1. The van der Waals surface area contributed by atoms with Crippen molar-refractivity contribution < 1.29 is 13.2 Å². The lowest BCUT2D eigenvalue weighted by Gasteiger charge is -2.19. The van der Waals surface area contributed by atoms with Gasteiger partial charge in [-0.2, -0.15) is 4.31 Å². The van der Waals surface area contributed by atoms with E-state index >= 15 is 0 Å². The van der Waals surface area contributed by atoms with E-state index in [1.807, 2.05) is 18.2 Å². The molecule has 0 unspecified atom stereocenters. The number of pyridine rings is 1. The fourth-order valence-electron chi connectivity index (χ4n) is 2.17. The Kier molecular flexibility index (Phi) is 6.92. The Labute approximate surface area is 152 Å². The molecule has 1 aromatic heterocycles. The van der Waals surface area contributed by atoms with Gasteiger partial charge in [-0.25, -0.2) is 8.42 Å². The van der Waals surface area contributed by atoms with Crippen molar-refractivity contribution in [2.45, 2.75) is 13.0 Å². The predicted molar refractivity (Wildman–Crippen MR) is 97.7 cm³/mol. The number of carbonyl (C=O) groups is 1. The van der Waals surface area contributed by atoms with E-state index in [1.54, 1.807) is 30.5 Å². The summed E-state index contributed by atoms with van der Waals surface area (Å²) < 4.78 is 25.0. The lowest BCUT2D eigenvalue weighted by atomic mass is 10.1. The van der Waals surface area contributed by atoms with Crippen LogP contribution in [0.5, 0.6) is 0 Å². The minimum absolute atomic E-state index is 0.220. The molecule has 0 bridgehead atoms. The van der Waals surface area contributed by atoms with Gasteiger partial charge < -0.3 is 5.32 Å². The number of hydrogen-bond donors (Lipinski definition) is 1. The predicted octanol–water partition coefficient (Wildman–Crippen LogP) is 1.86. The Morgan fingerprint density at radius 1 is 1.20 bits per heavy atom. The van der Waals surface area contributed by atoms with Gasteiger partial charge in [0.05, 0.1) is 25.0 Å². The average Bonchev–Trinajstić information content (AvgIpc) is 2.58. The molecule has 1 heterocycles. The fourth-order valence-corrected chi connectivity index (χ4v) is 3.08. The second kappa shape index (κ2) is 8.94. The summed E-state index contributed by atoms with van der Waals surface area (Å²) in [5.74, 6) is -0.368. The Bertz CT molecular complexity index is 796. The summed E-state index contributed by atoms with van der Waals surface area (Å²) in [4.78, 5) is 16.2. The first-order valence-electron chi connectivity index (χ1n) is 7.71. The number of nitrogens with zero attached hydrogens (tertiary/aromatic N) is 2. The van der Waals surface area contributed by atoms with Crippen LogP contribution in [0.4, 0.5) is 0 Å². The van der Waals surface area contributed by atoms with Gasteiger partial charge in [0.1, 0.15) is 0 Å². The molecule has 25 heavy (non-hydrogen) atoms. The second-order valence-corrected chi connectivity index (χ2v) is 7.99. The molecule has 0 spiro atoms. The van der Waals surface area contributed by atoms with Crippen molar-refractivity contribution >= 4 is 27.5 Å². The van der Waals surface area contributed by atoms with E-state index in [1.165, 1.54) is 0 Å². The maximum Gasteiger partial charge on any atom is 0.235 e. The number of nitrogens with one attached hydrogen (secondary N) is 1. The third-order valence-electron chi connectivity index (χ3n) is 3.54. The van der Waals surface area contributed by atoms with Crippen molar-refractivity contribution in [1.29, 1.82) is 0 Å². The van der Waals surface area contributed by atoms with Gasteiger partial charge in [-0.3, -0.25) is 9.78 Å². The maximum absolute atomic E-state index is 12.1. The second-order valence-electron chi connectivity index (χ2n) is 5.57. The lowest BCUT2D eigenvalue weighted by Crippen LogP contribution is -2.41. The highest BCUT2D eigenvalue weighted by Crippen LogP contribution is 2.11. The number of hydrogen-bond acceptors (Lipinski definition) is 4. The summed E-state index contributed by atoms with van der Waals surface area (Å²) in [5.41, 5.74) is 1.66. The third-order valence-corrected chi connectivity index (χ3v) is 5.05. The summed E-state index contributed by atoms with van der Waals surface area (Å²) in [5, 5.41) is 3.30. The molecule has 0 fully saturated rings. The minimum Gasteiger partial charge on any atom is -0.349 e. The fraction of sp³-hybridized carbons (Fsp3) is 0.294. The van der Waals surface area contributed by atoms with Crippen LogP contribution in [-0.2, 0) is 27.8 Å². The zero-order valence-electron chi connectivity index (χ0n) is 13.9. The van der Waals surface area contributed by atoms with E-state index in [-0.39, 0.29) is 25.5 Å². The van der Waals surface area contributed by atoms with Crippen molar-refractivity contribution in [3.05, 3.63) is 64.9 Å². The minimum atomic E-state index is -3.49. The van der Waals surface area contributed by atoms with Crippen LogP contribution in [0.2, 0.25) is 5.02 Å². The molecule has 1 N–H and O–H groups in total. The molecule has 1 aromatic carbocycles. The summed E-state index contributed by atoms with van der Waals surface area (Å²) in [7, 11) is -3.49. The molecule has 0 aliphatic carbocycles. The third kappa shape index (κ3) is 6.81. The molecular weight excluding hydrogens is 362 g/mol. The lowest BCUT2D eigenvalue weighted by molar-refractivity contribution is -0.121. The monoisotopic (exact) mass is 381 g/mol. The van der Waals surface area contributed by atoms with Crippen LogP contribution >= 0.6 is 11.6 Å². The van der Waals surface area contributed by atoms with Crippen molar-refractivity contribution in [2.75, 3.05) is 19.3 Å². The van der Waals surface area contributed by atoms with Gasteiger partial charge in [0.25, 0.3) is 0 Å². The first-order valence-corrected chi connectivity index (χ1v) is 9.93. The molecule has 134 valence electrons. The SMILES string of the molecule is CS(=O)(=O)N(CCc1ccc(Cl)cc1)CC(=O)NCc1ccccn1. The van der Waals surface area contributed by atoms with Crippen molar-refractivity contribution in [3.8, 4) is 0 Å². The standard InChI is InChI=1S/C17H20ClN3O3S/c1-25(23,24)21(11-9-14-5-7-15(18)8-6-14)13-17(22)20-12-16-4-2-3-10-19-16/h2-8,10H,9,11-13H2,1H3,(H,20,22). The topological polar surface area (TPSA) is 79.4 Å². The van der Waals surface area contributed by atoms with E-state index < -0.39 is 10.0 Å². The summed E-state index contributed by atoms with van der Waals surface area (Å²) in [6.07, 6.45) is 3.23. The number of benzene rings is 1. The van der Waals surface area contributed by atoms with Gasteiger partial charge in [0, 0.05) is 17.8 Å². The van der Waals surface area contributed by atoms with Crippen molar-refractivity contribution in [3.63, 3.8) is 0 Å². The highest BCUT2D eigenvalue weighted by molar-refractivity contribution is 7.88. The molecule has 0 atom stereocenters. The van der Waals surface area contributed by atoms with Crippen LogP contribution in [0, 0.1) is 0 Å². The van der Waals surface area contributed by atoms with Crippen molar-refractivity contribution in [1.82, 2.24) is 14.6 Å². The van der Waals surface area contributed by atoms with Gasteiger partial charge in [-0.05, 0) is 36.2 Å². The number of amides is 1. The number of halogens is 1. The molecule has 6 nitrogen and oxygen atoms in total. The van der Waals surface area contributed by atoms with Gasteiger partial charge in [-0.1, -0.05) is 29.8 Å².